The Morgan fingerprint density at radius 3 is 2.56 bits per heavy atom. The fourth-order valence-corrected chi connectivity index (χ4v) is 2.24. The molecule has 0 saturated carbocycles. The van der Waals surface area contributed by atoms with Crippen molar-refractivity contribution in [2.45, 2.75) is 46.5 Å². The summed E-state index contributed by atoms with van der Waals surface area (Å²) >= 11 is 0. The van der Waals surface area contributed by atoms with Gasteiger partial charge in [0.05, 0.1) is 7.11 Å². The minimum absolute atomic E-state index is 0.165. The predicted octanol–water partition coefficient (Wildman–Crippen LogP) is 4.40. The molecular weight excluding hydrogens is 224 g/mol. The van der Waals surface area contributed by atoms with Gasteiger partial charge in [-0.15, -0.1) is 0 Å². The van der Waals surface area contributed by atoms with E-state index in [2.05, 4.69) is 13.8 Å². The second-order valence-corrected chi connectivity index (χ2v) is 4.80. The normalized spacial score (nSPS) is 12.2. The first-order valence-electron chi connectivity index (χ1n) is 6.82. The number of hydrogen-bond donors (Lipinski definition) is 0. The summed E-state index contributed by atoms with van der Waals surface area (Å²) in [4.78, 5) is 12.4. The molecular formula is C16H24O2. The molecule has 0 amide bonds. The SMILES string of the molecule is CCCCC(CC)C(=O)c1ccc(OC)c(C)c1. The van der Waals surface area contributed by atoms with Gasteiger partial charge >= 0.3 is 0 Å². The van der Waals surface area contributed by atoms with Gasteiger partial charge in [0.25, 0.3) is 0 Å². The lowest BCUT2D eigenvalue weighted by Gasteiger charge is -2.14. The molecule has 2 heteroatoms. The summed E-state index contributed by atoms with van der Waals surface area (Å²) in [6.07, 6.45) is 4.19. The molecule has 0 fully saturated rings. The number of carbonyl (C=O) groups is 1. The molecule has 1 atom stereocenters. The average Bonchev–Trinajstić information content (AvgIpc) is 2.39. The molecule has 0 bridgehead atoms. The number of unbranched alkanes of at least 4 members (excludes halogenated alkanes) is 1. The number of ketones is 1. The van der Waals surface area contributed by atoms with Gasteiger partial charge in [-0.25, -0.2) is 0 Å². The van der Waals surface area contributed by atoms with Crippen LogP contribution in [0.3, 0.4) is 0 Å². The molecule has 0 aliphatic rings. The Labute approximate surface area is 110 Å². The summed E-state index contributed by atoms with van der Waals surface area (Å²) in [5, 5.41) is 0. The third-order valence-electron chi connectivity index (χ3n) is 3.45. The van der Waals surface area contributed by atoms with Crippen LogP contribution in [0, 0.1) is 12.8 Å². The molecule has 2 nitrogen and oxygen atoms in total. The Balaban J connectivity index is 2.84. The molecule has 1 aromatic rings. The standard InChI is InChI=1S/C16H24O2/c1-5-7-8-13(6-2)16(17)14-9-10-15(18-4)12(3)11-14/h9-11,13H,5-8H2,1-4H3. The van der Waals surface area contributed by atoms with E-state index >= 15 is 0 Å². The highest BCUT2D eigenvalue weighted by atomic mass is 16.5. The molecule has 1 rings (SSSR count). The molecule has 0 aromatic heterocycles. The lowest BCUT2D eigenvalue weighted by atomic mass is 9.90. The second-order valence-electron chi connectivity index (χ2n) is 4.80. The number of benzene rings is 1. The average molecular weight is 248 g/mol. The van der Waals surface area contributed by atoms with Crippen LogP contribution in [0.25, 0.3) is 0 Å². The number of carbonyl (C=O) groups excluding carboxylic acids is 1. The van der Waals surface area contributed by atoms with Crippen LogP contribution in [-0.2, 0) is 0 Å². The van der Waals surface area contributed by atoms with E-state index in [1.807, 2.05) is 25.1 Å². The molecule has 0 aliphatic carbocycles. The lowest BCUT2D eigenvalue weighted by molar-refractivity contribution is 0.0908. The van der Waals surface area contributed by atoms with Crippen LogP contribution >= 0.6 is 0 Å². The zero-order chi connectivity index (χ0) is 13.5. The maximum atomic E-state index is 12.4. The molecule has 100 valence electrons. The fourth-order valence-electron chi connectivity index (χ4n) is 2.24. The minimum atomic E-state index is 0.165. The maximum Gasteiger partial charge on any atom is 0.165 e. The quantitative estimate of drug-likeness (QED) is 0.668. The Kier molecular flexibility index (Phi) is 5.90. The Morgan fingerprint density at radius 2 is 2.06 bits per heavy atom. The smallest absolute Gasteiger partial charge is 0.165 e. The summed E-state index contributed by atoms with van der Waals surface area (Å²) in [6.45, 7) is 6.23. The Morgan fingerprint density at radius 1 is 1.33 bits per heavy atom. The van der Waals surface area contributed by atoms with Crippen molar-refractivity contribution >= 4 is 5.78 Å². The number of hydrogen-bond acceptors (Lipinski definition) is 2. The molecule has 1 unspecified atom stereocenters. The Hall–Kier alpha value is -1.31. The molecule has 0 aliphatic heterocycles. The number of rotatable bonds is 7. The van der Waals surface area contributed by atoms with E-state index in [1.54, 1.807) is 7.11 Å². The van der Waals surface area contributed by atoms with E-state index in [-0.39, 0.29) is 11.7 Å². The van der Waals surface area contributed by atoms with Crippen molar-refractivity contribution in [2.75, 3.05) is 7.11 Å². The van der Waals surface area contributed by atoms with Gasteiger partial charge in [-0.05, 0) is 43.5 Å². The molecule has 0 heterocycles. The predicted molar refractivity (Wildman–Crippen MR) is 75.4 cm³/mol. The first-order chi connectivity index (χ1) is 8.63. The van der Waals surface area contributed by atoms with Crippen LogP contribution in [0.1, 0.15) is 55.5 Å². The van der Waals surface area contributed by atoms with Crippen LogP contribution in [0.4, 0.5) is 0 Å². The van der Waals surface area contributed by atoms with Crippen LogP contribution in [0.15, 0.2) is 18.2 Å². The van der Waals surface area contributed by atoms with Crippen molar-refractivity contribution in [3.05, 3.63) is 29.3 Å². The first-order valence-corrected chi connectivity index (χ1v) is 6.82. The first kappa shape index (κ1) is 14.7. The van der Waals surface area contributed by atoms with Crippen LogP contribution in [0.2, 0.25) is 0 Å². The number of aryl methyl sites for hydroxylation is 1. The number of Topliss-reactive ketones (excluding diaryl/α,β-unsaturated/α-hetero) is 1. The summed E-state index contributed by atoms with van der Waals surface area (Å²) in [7, 11) is 1.65. The van der Waals surface area contributed by atoms with Crippen molar-refractivity contribution in [1.29, 1.82) is 0 Å². The van der Waals surface area contributed by atoms with E-state index in [1.165, 1.54) is 0 Å². The molecule has 0 saturated heterocycles. The van der Waals surface area contributed by atoms with Gasteiger partial charge in [0.15, 0.2) is 5.78 Å². The number of ether oxygens (including phenoxy) is 1. The van der Waals surface area contributed by atoms with Gasteiger partial charge in [-0.3, -0.25) is 4.79 Å². The van der Waals surface area contributed by atoms with Crippen molar-refractivity contribution in [2.24, 2.45) is 5.92 Å². The maximum absolute atomic E-state index is 12.4. The van der Waals surface area contributed by atoms with Gasteiger partial charge in [0, 0.05) is 11.5 Å². The third kappa shape index (κ3) is 3.59. The molecule has 0 spiro atoms. The second kappa shape index (κ2) is 7.20. The van der Waals surface area contributed by atoms with Gasteiger partial charge in [0.1, 0.15) is 5.75 Å². The van der Waals surface area contributed by atoms with Crippen molar-refractivity contribution in [1.82, 2.24) is 0 Å². The Bertz CT molecular complexity index is 396. The van der Waals surface area contributed by atoms with Crippen LogP contribution < -0.4 is 4.74 Å². The van der Waals surface area contributed by atoms with Crippen LogP contribution in [-0.4, -0.2) is 12.9 Å². The molecule has 0 radical (unpaired) electrons. The zero-order valence-electron chi connectivity index (χ0n) is 12.0. The van der Waals surface area contributed by atoms with Gasteiger partial charge in [0.2, 0.25) is 0 Å². The van der Waals surface area contributed by atoms with E-state index in [9.17, 15) is 4.79 Å². The highest BCUT2D eigenvalue weighted by Gasteiger charge is 2.18. The van der Waals surface area contributed by atoms with Crippen LogP contribution in [0.5, 0.6) is 5.75 Å². The van der Waals surface area contributed by atoms with Gasteiger partial charge < -0.3 is 4.74 Å². The number of methoxy groups -OCH3 is 1. The van der Waals surface area contributed by atoms with Crippen molar-refractivity contribution in [3.63, 3.8) is 0 Å². The van der Waals surface area contributed by atoms with Crippen molar-refractivity contribution in [3.8, 4) is 5.75 Å². The van der Waals surface area contributed by atoms with Crippen molar-refractivity contribution < 1.29 is 9.53 Å². The monoisotopic (exact) mass is 248 g/mol. The summed E-state index contributed by atoms with van der Waals surface area (Å²) < 4.78 is 5.22. The van der Waals surface area contributed by atoms with Gasteiger partial charge in [-0.2, -0.15) is 0 Å². The fraction of sp³-hybridized carbons (Fsp3) is 0.562. The topological polar surface area (TPSA) is 26.3 Å². The molecule has 1 aromatic carbocycles. The molecule has 18 heavy (non-hydrogen) atoms. The third-order valence-corrected chi connectivity index (χ3v) is 3.45. The summed E-state index contributed by atoms with van der Waals surface area (Å²) in [5.74, 6) is 1.28. The molecule has 0 N–H and O–H groups in total. The zero-order valence-corrected chi connectivity index (χ0v) is 12.0. The minimum Gasteiger partial charge on any atom is -0.496 e. The highest BCUT2D eigenvalue weighted by Crippen LogP contribution is 2.23. The summed E-state index contributed by atoms with van der Waals surface area (Å²) in [6, 6.07) is 5.70. The lowest BCUT2D eigenvalue weighted by Crippen LogP contribution is -2.14. The van der Waals surface area contributed by atoms with E-state index in [4.69, 9.17) is 4.74 Å². The van der Waals surface area contributed by atoms with E-state index in [0.29, 0.717) is 0 Å². The largest absolute Gasteiger partial charge is 0.496 e. The summed E-state index contributed by atoms with van der Waals surface area (Å²) in [5.41, 5.74) is 1.84. The van der Waals surface area contributed by atoms with Gasteiger partial charge in [-0.1, -0.05) is 26.7 Å². The van der Waals surface area contributed by atoms with E-state index < -0.39 is 0 Å². The highest BCUT2D eigenvalue weighted by molar-refractivity contribution is 5.98. The van der Waals surface area contributed by atoms with E-state index in [0.717, 1.165) is 42.6 Å².